The van der Waals surface area contributed by atoms with Crippen LogP contribution in [0.1, 0.15) is 30.4 Å². The minimum absolute atomic E-state index is 0. The van der Waals surface area contributed by atoms with Crippen LogP contribution in [-0.4, -0.2) is 40.0 Å². The van der Waals surface area contributed by atoms with Crippen molar-refractivity contribution in [3.8, 4) is 0 Å². The Kier molecular flexibility index (Phi) is 9.21. The number of aliphatic carboxylic acids is 1. The van der Waals surface area contributed by atoms with Gasteiger partial charge >= 0.3 is 5.97 Å². The van der Waals surface area contributed by atoms with E-state index in [0.717, 1.165) is 17.5 Å². The van der Waals surface area contributed by atoms with E-state index in [9.17, 15) is 4.79 Å². The summed E-state index contributed by atoms with van der Waals surface area (Å²) in [6.45, 7) is -0.479. The zero-order valence-corrected chi connectivity index (χ0v) is 12.8. The molecule has 1 aromatic rings. The van der Waals surface area contributed by atoms with E-state index in [-0.39, 0.29) is 32.0 Å². The molecular formula is C15H24ClNO4. The number of carbonyl (C=O) groups is 1. The highest BCUT2D eigenvalue weighted by Gasteiger charge is 2.22. The first-order valence-electron chi connectivity index (χ1n) is 6.79. The van der Waals surface area contributed by atoms with Gasteiger partial charge in [-0.2, -0.15) is 0 Å². The zero-order valence-electron chi connectivity index (χ0n) is 12.0. The number of aryl methyl sites for hydroxylation is 2. The largest absolute Gasteiger partial charge is 0.481 e. The van der Waals surface area contributed by atoms with Crippen molar-refractivity contribution in [2.75, 3.05) is 13.2 Å². The van der Waals surface area contributed by atoms with E-state index in [1.54, 1.807) is 0 Å². The predicted molar refractivity (Wildman–Crippen MR) is 83.7 cm³/mol. The fraction of sp³-hybridized carbons (Fsp3) is 0.533. The number of hydrogen-bond acceptors (Lipinski definition) is 4. The smallest absolute Gasteiger partial charge is 0.303 e. The van der Waals surface area contributed by atoms with Crippen molar-refractivity contribution in [1.29, 1.82) is 0 Å². The van der Waals surface area contributed by atoms with Crippen molar-refractivity contribution in [1.82, 2.24) is 0 Å². The average molecular weight is 318 g/mol. The highest BCUT2D eigenvalue weighted by Crippen LogP contribution is 2.13. The molecule has 0 aliphatic heterocycles. The zero-order chi connectivity index (χ0) is 15.0. The van der Waals surface area contributed by atoms with Gasteiger partial charge in [-0.3, -0.25) is 4.79 Å². The number of halogens is 1. The number of hydrogen-bond donors (Lipinski definition) is 4. The Labute approximate surface area is 131 Å². The molecule has 5 N–H and O–H groups in total. The van der Waals surface area contributed by atoms with E-state index < -0.39 is 11.5 Å². The van der Waals surface area contributed by atoms with Crippen molar-refractivity contribution in [3.63, 3.8) is 0 Å². The van der Waals surface area contributed by atoms with Gasteiger partial charge in [0.05, 0.1) is 18.8 Å². The summed E-state index contributed by atoms with van der Waals surface area (Å²) in [5, 5.41) is 26.8. The molecule has 21 heavy (non-hydrogen) atoms. The summed E-state index contributed by atoms with van der Waals surface area (Å²) in [5.74, 6) is -0.770. The molecule has 0 heterocycles. The van der Waals surface area contributed by atoms with E-state index in [2.05, 4.69) is 0 Å². The summed E-state index contributed by atoms with van der Waals surface area (Å²) in [4.78, 5) is 10.4. The van der Waals surface area contributed by atoms with Crippen LogP contribution in [0.15, 0.2) is 24.3 Å². The molecule has 1 aromatic carbocycles. The summed E-state index contributed by atoms with van der Waals surface area (Å²) in [7, 11) is 0. The van der Waals surface area contributed by atoms with Gasteiger partial charge < -0.3 is 21.1 Å². The number of nitrogens with two attached hydrogens (primary N) is 1. The summed E-state index contributed by atoms with van der Waals surface area (Å²) in [6.07, 6.45) is 2.77. The van der Waals surface area contributed by atoms with Crippen molar-refractivity contribution >= 4 is 18.4 Å². The molecule has 0 atom stereocenters. The summed E-state index contributed by atoms with van der Waals surface area (Å²) in [6, 6.07) is 7.91. The molecule has 120 valence electrons. The number of aliphatic hydroxyl groups excluding tert-OH is 2. The van der Waals surface area contributed by atoms with E-state index in [4.69, 9.17) is 21.1 Å². The molecule has 0 amide bonds. The van der Waals surface area contributed by atoms with Gasteiger partial charge in [-0.05, 0) is 36.8 Å². The Bertz CT molecular complexity index is 418. The molecule has 0 bridgehead atoms. The van der Waals surface area contributed by atoms with Gasteiger partial charge in [0.1, 0.15) is 0 Å². The molecule has 6 heteroatoms. The van der Waals surface area contributed by atoms with Gasteiger partial charge in [0.2, 0.25) is 0 Å². The van der Waals surface area contributed by atoms with Crippen LogP contribution < -0.4 is 5.73 Å². The lowest BCUT2D eigenvalue weighted by Gasteiger charge is -2.24. The monoisotopic (exact) mass is 317 g/mol. The number of aliphatic hydroxyl groups is 2. The van der Waals surface area contributed by atoms with Crippen LogP contribution in [0.25, 0.3) is 0 Å². The van der Waals surface area contributed by atoms with Gasteiger partial charge in [-0.1, -0.05) is 24.3 Å². The van der Waals surface area contributed by atoms with Crippen LogP contribution in [-0.2, 0) is 17.6 Å². The first-order valence-corrected chi connectivity index (χ1v) is 6.79. The molecule has 0 saturated heterocycles. The summed E-state index contributed by atoms with van der Waals surface area (Å²) in [5.41, 5.74) is 7.08. The van der Waals surface area contributed by atoms with Crippen molar-refractivity contribution in [3.05, 3.63) is 35.4 Å². The molecular weight excluding hydrogens is 294 g/mol. The molecule has 0 saturated carbocycles. The second-order valence-corrected chi connectivity index (χ2v) is 5.24. The molecule has 0 unspecified atom stereocenters. The lowest BCUT2D eigenvalue weighted by atomic mass is 9.93. The minimum atomic E-state index is -0.930. The predicted octanol–water partition coefficient (Wildman–Crippen LogP) is 1.13. The first-order chi connectivity index (χ1) is 9.49. The average Bonchev–Trinajstić information content (AvgIpc) is 2.46. The maximum absolute atomic E-state index is 10.4. The first kappa shape index (κ1) is 19.9. The van der Waals surface area contributed by atoms with Crippen LogP contribution in [0, 0.1) is 0 Å². The number of benzene rings is 1. The number of carboxylic acids is 1. The van der Waals surface area contributed by atoms with Crippen LogP contribution in [0.4, 0.5) is 0 Å². The SMILES string of the molecule is Cl.NC(CO)(CO)CCc1ccc(CCCC(=O)O)cc1. The van der Waals surface area contributed by atoms with E-state index in [0.29, 0.717) is 19.3 Å². The maximum atomic E-state index is 10.4. The van der Waals surface area contributed by atoms with Gasteiger partial charge in [-0.15, -0.1) is 12.4 Å². The molecule has 0 radical (unpaired) electrons. The highest BCUT2D eigenvalue weighted by atomic mass is 35.5. The molecule has 0 aromatic heterocycles. The summed E-state index contributed by atoms with van der Waals surface area (Å²) < 4.78 is 0. The molecule has 5 nitrogen and oxygen atoms in total. The normalized spacial score (nSPS) is 11.0. The van der Waals surface area contributed by atoms with Crippen molar-refractivity contribution in [2.24, 2.45) is 5.73 Å². The second kappa shape index (κ2) is 9.73. The van der Waals surface area contributed by atoms with Crippen LogP contribution in [0.2, 0.25) is 0 Å². The van der Waals surface area contributed by atoms with Crippen molar-refractivity contribution in [2.45, 2.75) is 37.6 Å². The number of rotatable bonds is 9. The lowest BCUT2D eigenvalue weighted by Crippen LogP contribution is -2.47. The summed E-state index contributed by atoms with van der Waals surface area (Å²) >= 11 is 0. The van der Waals surface area contributed by atoms with Crippen LogP contribution in [0.3, 0.4) is 0 Å². The molecule has 0 aliphatic carbocycles. The standard InChI is InChI=1S/C15H23NO4.ClH/c16-15(10-17,11-18)9-8-13-6-4-12(5-7-13)2-1-3-14(19)20;/h4-7,17-18H,1-3,8-11,16H2,(H,19,20);1H. The topological polar surface area (TPSA) is 104 Å². The van der Waals surface area contributed by atoms with Gasteiger partial charge in [0.25, 0.3) is 0 Å². The lowest BCUT2D eigenvalue weighted by molar-refractivity contribution is -0.137. The quantitative estimate of drug-likeness (QED) is 0.546. The van der Waals surface area contributed by atoms with Crippen molar-refractivity contribution < 1.29 is 20.1 Å². The van der Waals surface area contributed by atoms with Crippen LogP contribution in [0.5, 0.6) is 0 Å². The van der Waals surface area contributed by atoms with E-state index >= 15 is 0 Å². The van der Waals surface area contributed by atoms with E-state index in [1.807, 2.05) is 24.3 Å². The molecule has 1 rings (SSSR count). The van der Waals surface area contributed by atoms with E-state index in [1.165, 1.54) is 0 Å². The Hall–Kier alpha value is -1.14. The number of carboxylic acid groups (broad SMARTS) is 1. The third-order valence-corrected chi connectivity index (χ3v) is 3.42. The molecule has 0 aliphatic rings. The molecule has 0 fully saturated rings. The Morgan fingerprint density at radius 3 is 1.95 bits per heavy atom. The third kappa shape index (κ3) is 7.43. The Morgan fingerprint density at radius 1 is 1.05 bits per heavy atom. The fourth-order valence-electron chi connectivity index (χ4n) is 1.92. The second-order valence-electron chi connectivity index (χ2n) is 5.24. The Balaban J connectivity index is 0.00000400. The Morgan fingerprint density at radius 2 is 1.52 bits per heavy atom. The minimum Gasteiger partial charge on any atom is -0.481 e. The van der Waals surface area contributed by atoms with Gasteiger partial charge in [0, 0.05) is 6.42 Å². The molecule has 0 spiro atoms. The third-order valence-electron chi connectivity index (χ3n) is 3.42. The van der Waals surface area contributed by atoms with Gasteiger partial charge in [-0.25, -0.2) is 0 Å². The highest BCUT2D eigenvalue weighted by molar-refractivity contribution is 5.85. The maximum Gasteiger partial charge on any atom is 0.303 e. The van der Waals surface area contributed by atoms with Gasteiger partial charge in [0.15, 0.2) is 0 Å². The fourth-order valence-corrected chi connectivity index (χ4v) is 1.92. The van der Waals surface area contributed by atoms with Crippen LogP contribution >= 0.6 is 12.4 Å².